The van der Waals surface area contributed by atoms with Crippen LogP contribution < -0.4 is 0 Å². The molecule has 2 fully saturated rings. The van der Waals surface area contributed by atoms with Crippen LogP contribution in [-0.2, 0) is 9.47 Å². The minimum Gasteiger partial charge on any atom is -0.459 e. The third-order valence-corrected chi connectivity index (χ3v) is 5.30. The van der Waals surface area contributed by atoms with Gasteiger partial charge in [-0.1, -0.05) is 0 Å². The number of nitrogens with zero attached hydrogens (tertiary/aromatic N) is 1. The van der Waals surface area contributed by atoms with Crippen LogP contribution in [-0.4, -0.2) is 50.3 Å². The first-order valence-electron chi connectivity index (χ1n) is 8.10. The number of ether oxygens (including phenoxy) is 2. The van der Waals surface area contributed by atoms with Gasteiger partial charge in [0.25, 0.3) is 5.91 Å². The molecule has 1 aliphatic carbocycles. The van der Waals surface area contributed by atoms with E-state index < -0.39 is 0 Å². The third-order valence-electron chi connectivity index (χ3n) is 5.30. The molecule has 0 radical (unpaired) electrons. The van der Waals surface area contributed by atoms with Crippen LogP contribution in [0.1, 0.15) is 41.8 Å². The van der Waals surface area contributed by atoms with Gasteiger partial charge in [-0.3, -0.25) is 4.79 Å². The summed E-state index contributed by atoms with van der Waals surface area (Å²) in [6.45, 7) is 4.81. The van der Waals surface area contributed by atoms with E-state index in [0.717, 1.165) is 37.9 Å². The van der Waals surface area contributed by atoms with E-state index in [2.05, 4.69) is 0 Å². The minimum absolute atomic E-state index is 0.0218. The molecule has 1 aliphatic heterocycles. The van der Waals surface area contributed by atoms with Crippen LogP contribution in [0.2, 0.25) is 0 Å². The zero-order valence-corrected chi connectivity index (χ0v) is 13.5. The highest BCUT2D eigenvalue weighted by Crippen LogP contribution is 2.50. The van der Waals surface area contributed by atoms with Gasteiger partial charge in [-0.2, -0.15) is 0 Å². The quantitative estimate of drug-likeness (QED) is 0.785. The fourth-order valence-electron chi connectivity index (χ4n) is 3.67. The molecule has 22 heavy (non-hydrogen) atoms. The predicted octanol–water partition coefficient (Wildman–Crippen LogP) is 2.64. The van der Waals surface area contributed by atoms with Crippen molar-refractivity contribution in [2.75, 3.05) is 33.4 Å². The van der Waals surface area contributed by atoms with Crippen molar-refractivity contribution in [2.24, 2.45) is 5.41 Å². The van der Waals surface area contributed by atoms with Crippen LogP contribution in [0.15, 0.2) is 16.7 Å². The monoisotopic (exact) mass is 307 g/mol. The highest BCUT2D eigenvalue weighted by atomic mass is 16.5. The molecule has 0 aromatic carbocycles. The molecule has 5 nitrogen and oxygen atoms in total. The number of furan rings is 1. The van der Waals surface area contributed by atoms with E-state index in [1.54, 1.807) is 13.4 Å². The summed E-state index contributed by atoms with van der Waals surface area (Å²) in [7, 11) is 1.70. The van der Waals surface area contributed by atoms with E-state index >= 15 is 0 Å². The Balaban J connectivity index is 1.54. The van der Waals surface area contributed by atoms with Crippen molar-refractivity contribution >= 4 is 5.91 Å². The van der Waals surface area contributed by atoms with Crippen molar-refractivity contribution in [1.82, 2.24) is 4.90 Å². The molecule has 5 heteroatoms. The number of likely N-dealkylation sites (tertiary alicyclic amines) is 1. The fourth-order valence-corrected chi connectivity index (χ4v) is 3.67. The summed E-state index contributed by atoms with van der Waals surface area (Å²) in [5.41, 5.74) is 1.19. The molecule has 2 aliphatic rings. The maximum absolute atomic E-state index is 12.5. The van der Waals surface area contributed by atoms with Crippen molar-refractivity contribution in [3.05, 3.63) is 23.7 Å². The van der Waals surface area contributed by atoms with Crippen LogP contribution >= 0.6 is 0 Å². The number of piperidine rings is 1. The first-order chi connectivity index (χ1) is 10.7. The molecule has 1 amide bonds. The van der Waals surface area contributed by atoms with E-state index in [4.69, 9.17) is 13.9 Å². The minimum atomic E-state index is 0.0218. The summed E-state index contributed by atoms with van der Waals surface area (Å²) < 4.78 is 16.3. The summed E-state index contributed by atoms with van der Waals surface area (Å²) in [5, 5.41) is 0. The number of aryl methyl sites for hydroxylation is 1. The Morgan fingerprint density at radius 2 is 2.14 bits per heavy atom. The van der Waals surface area contributed by atoms with Gasteiger partial charge in [0.15, 0.2) is 5.76 Å². The maximum atomic E-state index is 12.5. The van der Waals surface area contributed by atoms with Gasteiger partial charge in [0.1, 0.15) is 0 Å². The lowest BCUT2D eigenvalue weighted by Gasteiger charge is -2.53. The number of methoxy groups -OCH3 is 1. The number of rotatable bonds is 5. The molecule has 1 saturated heterocycles. The summed E-state index contributed by atoms with van der Waals surface area (Å²) in [6.07, 6.45) is 6.32. The summed E-state index contributed by atoms with van der Waals surface area (Å²) >= 11 is 0. The van der Waals surface area contributed by atoms with Gasteiger partial charge in [0.05, 0.1) is 25.6 Å². The molecule has 0 N–H and O–H groups in total. The van der Waals surface area contributed by atoms with Gasteiger partial charge in [-0.25, -0.2) is 0 Å². The lowest BCUT2D eigenvalue weighted by atomic mass is 9.60. The zero-order chi connectivity index (χ0) is 15.6. The van der Waals surface area contributed by atoms with Gasteiger partial charge in [0, 0.05) is 31.2 Å². The van der Waals surface area contributed by atoms with Crippen LogP contribution in [0.4, 0.5) is 0 Å². The molecule has 2 heterocycles. The Hall–Kier alpha value is -1.33. The Morgan fingerprint density at radius 3 is 2.68 bits per heavy atom. The Morgan fingerprint density at radius 1 is 1.36 bits per heavy atom. The third kappa shape index (κ3) is 2.79. The van der Waals surface area contributed by atoms with Crippen LogP contribution in [0, 0.1) is 12.3 Å². The number of hydrogen-bond acceptors (Lipinski definition) is 4. The van der Waals surface area contributed by atoms with Crippen LogP contribution in [0.3, 0.4) is 0 Å². The highest BCUT2D eigenvalue weighted by molar-refractivity contribution is 5.92. The number of carbonyl (C=O) groups is 1. The number of amides is 1. The predicted molar refractivity (Wildman–Crippen MR) is 81.9 cm³/mol. The summed E-state index contributed by atoms with van der Waals surface area (Å²) in [4.78, 5) is 14.4. The lowest BCUT2D eigenvalue weighted by Crippen LogP contribution is -2.54. The summed E-state index contributed by atoms with van der Waals surface area (Å²) in [5.74, 6) is 0.506. The molecular formula is C17H25NO4. The average Bonchev–Trinajstić information content (AvgIpc) is 2.96. The van der Waals surface area contributed by atoms with Gasteiger partial charge in [-0.05, 0) is 38.7 Å². The van der Waals surface area contributed by atoms with Crippen molar-refractivity contribution in [3.8, 4) is 0 Å². The zero-order valence-electron chi connectivity index (χ0n) is 13.5. The Kier molecular flexibility index (Phi) is 4.54. The largest absolute Gasteiger partial charge is 0.459 e. The smallest absolute Gasteiger partial charge is 0.289 e. The Labute approximate surface area is 131 Å². The van der Waals surface area contributed by atoms with Crippen LogP contribution in [0.25, 0.3) is 0 Å². The molecule has 1 saturated carbocycles. The average molecular weight is 307 g/mol. The van der Waals surface area contributed by atoms with E-state index in [0.29, 0.717) is 25.1 Å². The Bertz CT molecular complexity index is 516. The normalized spacial score (nSPS) is 23.5. The maximum Gasteiger partial charge on any atom is 0.289 e. The topological polar surface area (TPSA) is 51.9 Å². The number of carbonyl (C=O) groups excluding carboxylic acids is 1. The second kappa shape index (κ2) is 6.42. The number of hydrogen-bond donors (Lipinski definition) is 0. The van der Waals surface area contributed by atoms with Crippen molar-refractivity contribution in [2.45, 2.75) is 38.7 Å². The molecule has 1 unspecified atom stereocenters. The first-order valence-corrected chi connectivity index (χ1v) is 8.10. The molecule has 0 bridgehead atoms. The lowest BCUT2D eigenvalue weighted by molar-refractivity contribution is -0.139. The molecule has 1 aromatic heterocycles. The van der Waals surface area contributed by atoms with Crippen molar-refractivity contribution in [1.29, 1.82) is 0 Å². The summed E-state index contributed by atoms with van der Waals surface area (Å²) in [6, 6.07) is 1.84. The van der Waals surface area contributed by atoms with E-state index in [1.807, 2.05) is 17.9 Å². The molecule has 1 atom stereocenters. The second-order valence-corrected chi connectivity index (χ2v) is 6.48. The molecular weight excluding hydrogens is 282 g/mol. The molecule has 1 aromatic rings. The van der Waals surface area contributed by atoms with E-state index in [9.17, 15) is 4.79 Å². The van der Waals surface area contributed by atoms with Crippen molar-refractivity contribution in [3.63, 3.8) is 0 Å². The molecule has 122 valence electrons. The van der Waals surface area contributed by atoms with Crippen LogP contribution in [0.5, 0.6) is 0 Å². The SMILES string of the molecule is COCCOC1CCC12CCN(C(=O)c1occc1C)CC2. The standard InChI is InChI=1S/C17H25NO4/c1-13-4-10-22-15(13)16(19)18-8-6-17(7-9-18)5-3-14(17)21-12-11-20-2/h4,10,14H,3,5-9,11-12H2,1-2H3. The second-order valence-electron chi connectivity index (χ2n) is 6.48. The van der Waals surface area contributed by atoms with Crippen molar-refractivity contribution < 1.29 is 18.7 Å². The molecule has 3 rings (SSSR count). The van der Waals surface area contributed by atoms with E-state index in [1.165, 1.54) is 6.42 Å². The first kappa shape index (κ1) is 15.6. The van der Waals surface area contributed by atoms with Gasteiger partial charge in [0.2, 0.25) is 0 Å². The van der Waals surface area contributed by atoms with E-state index in [-0.39, 0.29) is 11.3 Å². The van der Waals surface area contributed by atoms with Gasteiger partial charge < -0.3 is 18.8 Å². The fraction of sp³-hybridized carbons (Fsp3) is 0.706. The van der Waals surface area contributed by atoms with Gasteiger partial charge in [-0.15, -0.1) is 0 Å². The molecule has 1 spiro atoms. The van der Waals surface area contributed by atoms with Gasteiger partial charge >= 0.3 is 0 Å². The highest BCUT2D eigenvalue weighted by Gasteiger charge is 2.49.